The summed E-state index contributed by atoms with van der Waals surface area (Å²) in [4.78, 5) is 22.8. The average molecular weight is 474 g/mol. The Balaban J connectivity index is 2.13. The number of ether oxygens (including phenoxy) is 1. The van der Waals surface area contributed by atoms with Crippen molar-refractivity contribution in [2.45, 2.75) is 25.1 Å². The second kappa shape index (κ2) is 7.98. The van der Waals surface area contributed by atoms with Crippen molar-refractivity contribution in [2.75, 3.05) is 11.9 Å². The van der Waals surface area contributed by atoms with Gasteiger partial charge in [-0.05, 0) is 18.9 Å². The third-order valence-electron chi connectivity index (χ3n) is 4.06. The number of rotatable bonds is 4. The maximum atomic E-state index is 13.1. The summed E-state index contributed by atoms with van der Waals surface area (Å²) in [6, 6.07) is 0.518. The molecule has 1 atom stereocenters. The number of anilines is 1. The number of halogens is 6. The van der Waals surface area contributed by atoms with Gasteiger partial charge in [0.1, 0.15) is 18.0 Å². The van der Waals surface area contributed by atoms with Crippen molar-refractivity contribution < 1.29 is 27.6 Å². The fourth-order valence-electron chi connectivity index (χ4n) is 2.73. The van der Waals surface area contributed by atoms with Crippen molar-refractivity contribution in [1.29, 1.82) is 0 Å². The van der Waals surface area contributed by atoms with Gasteiger partial charge in [-0.1, -0.05) is 34.8 Å². The fraction of sp³-hybridized carbons (Fsp3) is 0.333. The number of aromatic nitrogens is 2. The maximum Gasteiger partial charge on any atom is 0.417 e. The van der Waals surface area contributed by atoms with Crippen molar-refractivity contribution in [1.82, 2.24) is 9.78 Å². The maximum absolute atomic E-state index is 13.1. The third-order valence-corrected chi connectivity index (χ3v) is 5.21. The molecule has 2 heterocycles. The number of nitrogens with one attached hydrogen (secondary N) is 1. The second-order valence-electron chi connectivity index (χ2n) is 5.92. The van der Waals surface area contributed by atoms with Gasteiger partial charge in [-0.2, -0.15) is 18.3 Å². The third kappa shape index (κ3) is 4.13. The Hall–Kier alpha value is -2.08. The molecule has 1 saturated heterocycles. The van der Waals surface area contributed by atoms with Crippen LogP contribution in [0, 0.1) is 10.1 Å². The van der Waals surface area contributed by atoms with E-state index in [0.29, 0.717) is 25.5 Å². The van der Waals surface area contributed by atoms with E-state index in [-0.39, 0.29) is 5.69 Å². The summed E-state index contributed by atoms with van der Waals surface area (Å²) in [5.74, 6) is -1.13. The minimum Gasteiger partial charge on any atom is -0.368 e. The number of nitro groups is 1. The van der Waals surface area contributed by atoms with Crippen LogP contribution in [0.3, 0.4) is 0 Å². The molecule has 1 aromatic heterocycles. The Morgan fingerprint density at radius 1 is 1.34 bits per heavy atom. The minimum absolute atomic E-state index is 0.353. The SMILES string of the molecule is O=C(Nc1c([N+](=O)[O-])cnn1-c1c(Cl)cc(C(F)(F)F)c(Cl)c1Cl)C1CCCO1. The van der Waals surface area contributed by atoms with Gasteiger partial charge in [-0.15, -0.1) is 0 Å². The number of hydrogen-bond donors (Lipinski definition) is 1. The van der Waals surface area contributed by atoms with Crippen LogP contribution >= 0.6 is 34.8 Å². The molecule has 1 aromatic carbocycles. The Morgan fingerprint density at radius 2 is 2.03 bits per heavy atom. The quantitative estimate of drug-likeness (QED) is 0.388. The summed E-state index contributed by atoms with van der Waals surface area (Å²) in [5.41, 5.74) is -2.27. The zero-order chi connectivity index (χ0) is 21.5. The largest absolute Gasteiger partial charge is 0.417 e. The van der Waals surface area contributed by atoms with Gasteiger partial charge in [0.05, 0.1) is 25.6 Å². The number of hydrogen-bond acceptors (Lipinski definition) is 5. The van der Waals surface area contributed by atoms with Crippen LogP contribution in [0.4, 0.5) is 24.7 Å². The molecular weight excluding hydrogens is 464 g/mol. The molecule has 14 heteroatoms. The van der Waals surface area contributed by atoms with Crippen molar-refractivity contribution in [3.63, 3.8) is 0 Å². The molecule has 0 bridgehead atoms. The number of benzene rings is 1. The van der Waals surface area contributed by atoms with E-state index in [1.165, 1.54) is 0 Å². The highest BCUT2D eigenvalue weighted by Gasteiger charge is 2.37. The topological polar surface area (TPSA) is 99.3 Å². The first-order valence-corrected chi connectivity index (χ1v) is 9.05. The van der Waals surface area contributed by atoms with Crippen LogP contribution in [0.1, 0.15) is 18.4 Å². The van der Waals surface area contributed by atoms with Crippen molar-refractivity contribution in [3.05, 3.63) is 43.0 Å². The zero-order valence-corrected chi connectivity index (χ0v) is 16.4. The van der Waals surface area contributed by atoms with E-state index in [0.717, 1.165) is 10.9 Å². The zero-order valence-electron chi connectivity index (χ0n) is 14.1. The first-order valence-electron chi connectivity index (χ1n) is 7.92. The van der Waals surface area contributed by atoms with E-state index < -0.39 is 55.2 Å². The van der Waals surface area contributed by atoms with Crippen LogP contribution in [0.2, 0.25) is 15.1 Å². The molecule has 1 amide bonds. The van der Waals surface area contributed by atoms with E-state index >= 15 is 0 Å². The lowest BCUT2D eigenvalue weighted by molar-refractivity contribution is -0.384. The van der Waals surface area contributed by atoms with Gasteiger partial charge < -0.3 is 10.1 Å². The Labute approximate surface area is 175 Å². The summed E-state index contributed by atoms with van der Waals surface area (Å²) >= 11 is 17.7. The summed E-state index contributed by atoms with van der Waals surface area (Å²) in [5, 5.41) is 15.3. The highest BCUT2D eigenvalue weighted by Crippen LogP contribution is 2.45. The Morgan fingerprint density at radius 3 is 2.59 bits per heavy atom. The molecule has 0 aliphatic carbocycles. The lowest BCUT2D eigenvalue weighted by Gasteiger charge is -2.17. The standard InChI is InChI=1S/C15H10Cl3F3N4O4/c16-7-4-6(15(19,20)21)10(17)11(18)12(7)24-13(8(5-22-24)25(27)28)23-14(26)9-2-1-3-29-9/h4-5,9H,1-3H2,(H,23,26). The molecular formula is C15H10Cl3F3N4O4. The van der Waals surface area contributed by atoms with E-state index in [9.17, 15) is 28.1 Å². The van der Waals surface area contributed by atoms with Crippen molar-refractivity contribution >= 4 is 52.2 Å². The lowest BCUT2D eigenvalue weighted by Crippen LogP contribution is -2.28. The predicted molar refractivity (Wildman–Crippen MR) is 97.9 cm³/mol. The molecule has 0 radical (unpaired) electrons. The van der Waals surface area contributed by atoms with Gasteiger partial charge in [-0.3, -0.25) is 14.9 Å². The molecule has 0 spiro atoms. The molecule has 0 saturated carbocycles. The first kappa shape index (κ1) is 21.6. The van der Waals surface area contributed by atoms with Gasteiger partial charge in [-0.25, -0.2) is 4.68 Å². The molecule has 1 unspecified atom stereocenters. The smallest absolute Gasteiger partial charge is 0.368 e. The second-order valence-corrected chi connectivity index (χ2v) is 7.08. The highest BCUT2D eigenvalue weighted by molar-refractivity contribution is 6.45. The van der Waals surface area contributed by atoms with E-state index in [4.69, 9.17) is 39.5 Å². The van der Waals surface area contributed by atoms with Gasteiger partial charge in [0.25, 0.3) is 5.91 Å². The number of alkyl halides is 3. The molecule has 8 nitrogen and oxygen atoms in total. The van der Waals surface area contributed by atoms with E-state index in [2.05, 4.69) is 10.4 Å². The van der Waals surface area contributed by atoms with Crippen LogP contribution in [0.5, 0.6) is 0 Å². The van der Waals surface area contributed by atoms with Crippen LogP contribution in [-0.4, -0.2) is 33.3 Å². The predicted octanol–water partition coefficient (Wildman–Crippen LogP) is 4.88. The molecule has 2 aromatic rings. The lowest BCUT2D eigenvalue weighted by atomic mass is 10.2. The Kier molecular flexibility index (Phi) is 5.95. The van der Waals surface area contributed by atoms with Crippen molar-refractivity contribution in [3.8, 4) is 5.69 Å². The average Bonchev–Trinajstić information content (AvgIpc) is 3.28. The first-order chi connectivity index (χ1) is 13.5. The van der Waals surface area contributed by atoms with Crippen molar-refractivity contribution in [2.24, 2.45) is 0 Å². The van der Waals surface area contributed by atoms with Crippen LogP contribution in [-0.2, 0) is 15.7 Å². The number of carbonyl (C=O) groups excluding carboxylic acids is 1. The highest BCUT2D eigenvalue weighted by atomic mass is 35.5. The molecule has 1 fully saturated rings. The fourth-order valence-corrected chi connectivity index (χ4v) is 3.59. The van der Waals surface area contributed by atoms with Crippen LogP contribution < -0.4 is 5.32 Å². The van der Waals surface area contributed by atoms with Gasteiger partial charge in [0.2, 0.25) is 5.82 Å². The van der Waals surface area contributed by atoms with E-state index in [1.807, 2.05) is 0 Å². The summed E-state index contributed by atoms with van der Waals surface area (Å²) in [6.07, 6.45) is -3.84. The molecule has 3 rings (SSSR count). The minimum atomic E-state index is -4.84. The number of carbonyl (C=O) groups is 1. The number of amides is 1. The molecule has 1 aliphatic heterocycles. The summed E-state index contributed by atoms with van der Waals surface area (Å²) in [6.45, 7) is 0.353. The molecule has 1 N–H and O–H groups in total. The molecule has 29 heavy (non-hydrogen) atoms. The summed E-state index contributed by atoms with van der Waals surface area (Å²) < 4.78 is 45.2. The van der Waals surface area contributed by atoms with Crippen LogP contribution in [0.15, 0.2) is 12.3 Å². The normalized spacial score (nSPS) is 16.8. The monoisotopic (exact) mass is 472 g/mol. The molecule has 156 valence electrons. The Bertz CT molecular complexity index is 990. The summed E-state index contributed by atoms with van der Waals surface area (Å²) in [7, 11) is 0. The molecule has 1 aliphatic rings. The number of nitrogens with zero attached hydrogens (tertiary/aromatic N) is 3. The van der Waals surface area contributed by atoms with Crippen LogP contribution in [0.25, 0.3) is 5.69 Å². The van der Waals surface area contributed by atoms with Gasteiger partial charge >= 0.3 is 11.9 Å². The van der Waals surface area contributed by atoms with E-state index in [1.54, 1.807) is 0 Å². The van der Waals surface area contributed by atoms with Gasteiger partial charge in [0, 0.05) is 6.61 Å². The van der Waals surface area contributed by atoms with Gasteiger partial charge in [0.15, 0.2) is 0 Å².